The molecule has 0 rings (SSSR count). The maximum Gasteiger partial charge on any atom is 0.0875 e. The lowest BCUT2D eigenvalue weighted by Crippen LogP contribution is -3.00. The molecule has 0 heterocycles. The van der Waals surface area contributed by atoms with Gasteiger partial charge in [0.2, 0.25) is 0 Å². The van der Waals surface area contributed by atoms with E-state index in [4.69, 9.17) is 14.9 Å². The van der Waals surface area contributed by atoms with Gasteiger partial charge in [0.1, 0.15) is 0 Å². The molecule has 0 atom stereocenters. The Labute approximate surface area is 131 Å². The van der Waals surface area contributed by atoms with E-state index in [2.05, 4.69) is 34.6 Å². The summed E-state index contributed by atoms with van der Waals surface area (Å²) in [7, 11) is 6.55. The quantitative estimate of drug-likeness (QED) is 0.212. The number of quaternary nitrogens is 1. The van der Waals surface area contributed by atoms with E-state index in [9.17, 15) is 0 Å². The summed E-state index contributed by atoms with van der Waals surface area (Å²) in [6, 6.07) is 0. The molecule has 0 unspecified atom stereocenters. The minimum atomic E-state index is 0. The third-order valence-corrected chi connectivity index (χ3v) is 2.38. The summed E-state index contributed by atoms with van der Waals surface area (Å²) in [5.41, 5.74) is 0. The Morgan fingerprint density at radius 2 is 1.45 bits per heavy atom. The molecule has 4 nitrogen and oxygen atoms in total. The lowest BCUT2D eigenvalue weighted by Gasteiger charge is -2.23. The van der Waals surface area contributed by atoms with E-state index in [1.54, 1.807) is 0 Å². The number of nitrogens with zero attached hydrogens (tertiary/aromatic N) is 1. The molecule has 1 N–H and O–H groups in total. The SMILES string of the molecule is C=C(O)CC.CCCCCOOCCC[N+](C)(C)C.[Cl-]. The number of aliphatic hydroxyl groups is 1. The molecule has 0 bridgehead atoms. The Kier molecular flexibility index (Phi) is 20.7. The van der Waals surface area contributed by atoms with Crippen molar-refractivity contribution < 1.29 is 31.8 Å². The molecule has 0 aliphatic rings. The normalized spacial score (nSPS) is 10.2. The zero-order valence-corrected chi connectivity index (χ0v) is 14.7. The largest absolute Gasteiger partial charge is 1.00 e. The van der Waals surface area contributed by atoms with Crippen molar-refractivity contribution in [3.63, 3.8) is 0 Å². The van der Waals surface area contributed by atoms with Crippen LogP contribution in [0.25, 0.3) is 0 Å². The standard InChI is InChI=1S/C11H26NO2.C4H8O.ClH/c1-5-6-7-10-13-14-11-8-9-12(2,3)4;1-3-4(2)5;/h5-11H2,1-4H3;5H,2-3H2,1H3;1H/q+1;;/p-1. The van der Waals surface area contributed by atoms with Gasteiger partial charge in [-0.15, -0.1) is 0 Å². The van der Waals surface area contributed by atoms with Gasteiger partial charge in [0, 0.05) is 12.8 Å². The van der Waals surface area contributed by atoms with E-state index in [1.165, 1.54) is 12.8 Å². The average Bonchev–Trinajstić information content (AvgIpc) is 2.32. The van der Waals surface area contributed by atoms with Crippen LogP contribution in [-0.4, -0.2) is 50.5 Å². The van der Waals surface area contributed by atoms with Crippen LogP contribution in [0.1, 0.15) is 46.0 Å². The fourth-order valence-electron chi connectivity index (χ4n) is 1.13. The Hall–Kier alpha value is -0.290. The number of unbranched alkanes of at least 4 members (excludes halogenated alkanes) is 2. The summed E-state index contributed by atoms with van der Waals surface area (Å²) in [6.45, 7) is 9.83. The first-order valence-corrected chi connectivity index (χ1v) is 7.25. The molecule has 0 aromatic heterocycles. The van der Waals surface area contributed by atoms with Crippen molar-refractivity contribution in [2.24, 2.45) is 0 Å². The van der Waals surface area contributed by atoms with Gasteiger partial charge in [0.05, 0.1) is 46.7 Å². The summed E-state index contributed by atoms with van der Waals surface area (Å²) in [6.07, 6.45) is 5.27. The number of hydrogen-bond acceptors (Lipinski definition) is 3. The maximum absolute atomic E-state index is 8.17. The molecule has 0 amide bonds. The van der Waals surface area contributed by atoms with E-state index in [1.807, 2.05) is 6.92 Å². The summed E-state index contributed by atoms with van der Waals surface area (Å²) in [5.74, 6) is 0.255. The van der Waals surface area contributed by atoms with Crippen molar-refractivity contribution in [2.45, 2.75) is 46.0 Å². The Balaban J connectivity index is -0.000000414. The summed E-state index contributed by atoms with van der Waals surface area (Å²) in [5, 5.41) is 8.17. The van der Waals surface area contributed by atoms with Crippen LogP contribution in [0.5, 0.6) is 0 Å². The van der Waals surface area contributed by atoms with Crippen molar-refractivity contribution in [1.82, 2.24) is 0 Å². The van der Waals surface area contributed by atoms with Crippen molar-refractivity contribution in [1.29, 1.82) is 0 Å². The van der Waals surface area contributed by atoms with Gasteiger partial charge in [0.15, 0.2) is 0 Å². The zero-order valence-electron chi connectivity index (χ0n) is 14.0. The van der Waals surface area contributed by atoms with Gasteiger partial charge in [-0.3, -0.25) is 0 Å². The number of halogens is 1. The fourth-order valence-corrected chi connectivity index (χ4v) is 1.13. The molecule has 124 valence electrons. The van der Waals surface area contributed by atoms with Crippen LogP contribution in [0.2, 0.25) is 0 Å². The van der Waals surface area contributed by atoms with Gasteiger partial charge in [0.25, 0.3) is 0 Å². The van der Waals surface area contributed by atoms with Gasteiger partial charge < -0.3 is 22.0 Å². The first-order valence-electron chi connectivity index (χ1n) is 7.25. The van der Waals surface area contributed by atoms with Crippen LogP contribution >= 0.6 is 0 Å². The van der Waals surface area contributed by atoms with Gasteiger partial charge in [-0.05, 0) is 6.42 Å². The number of allylic oxidation sites excluding steroid dienone is 1. The highest BCUT2D eigenvalue weighted by Crippen LogP contribution is 1.97. The average molecular weight is 312 g/mol. The smallest absolute Gasteiger partial charge is 0.0875 e. The second-order valence-corrected chi connectivity index (χ2v) is 5.64. The Morgan fingerprint density at radius 3 is 1.80 bits per heavy atom. The highest BCUT2D eigenvalue weighted by Gasteiger charge is 2.05. The molecule has 5 heteroatoms. The van der Waals surface area contributed by atoms with Gasteiger partial charge in [-0.1, -0.05) is 33.3 Å². The number of hydrogen-bond donors (Lipinski definition) is 1. The predicted molar refractivity (Wildman–Crippen MR) is 81.0 cm³/mol. The Bertz CT molecular complexity index is 206. The molecule has 0 saturated heterocycles. The van der Waals surface area contributed by atoms with Crippen LogP contribution in [0, 0.1) is 0 Å². The van der Waals surface area contributed by atoms with Crippen molar-refractivity contribution in [2.75, 3.05) is 40.9 Å². The van der Waals surface area contributed by atoms with Gasteiger partial charge >= 0.3 is 0 Å². The summed E-state index contributed by atoms with van der Waals surface area (Å²) >= 11 is 0. The van der Waals surface area contributed by atoms with E-state index in [0.717, 1.165) is 30.5 Å². The second kappa shape index (κ2) is 16.8. The van der Waals surface area contributed by atoms with Gasteiger partial charge in [-0.25, -0.2) is 9.78 Å². The molecule has 20 heavy (non-hydrogen) atoms. The molecule has 0 aliphatic heterocycles. The predicted octanol–water partition coefficient (Wildman–Crippen LogP) is 0.693. The molecular weight excluding hydrogens is 278 g/mol. The van der Waals surface area contributed by atoms with E-state index >= 15 is 0 Å². The second-order valence-electron chi connectivity index (χ2n) is 5.64. The molecule has 0 spiro atoms. The number of aliphatic hydroxyl groups excluding tert-OH is 1. The number of rotatable bonds is 10. The highest BCUT2D eigenvalue weighted by molar-refractivity contribution is 4.74. The fraction of sp³-hybridized carbons (Fsp3) is 0.867. The van der Waals surface area contributed by atoms with Crippen LogP contribution in [0.3, 0.4) is 0 Å². The van der Waals surface area contributed by atoms with Crippen molar-refractivity contribution >= 4 is 0 Å². The monoisotopic (exact) mass is 311 g/mol. The molecule has 0 aromatic carbocycles. The molecular formula is C15H34ClNO3. The van der Waals surface area contributed by atoms with E-state index in [0.29, 0.717) is 13.0 Å². The third-order valence-electron chi connectivity index (χ3n) is 2.38. The Morgan fingerprint density at radius 1 is 1.00 bits per heavy atom. The topological polar surface area (TPSA) is 38.7 Å². The van der Waals surface area contributed by atoms with Crippen LogP contribution in [-0.2, 0) is 9.78 Å². The summed E-state index contributed by atoms with van der Waals surface area (Å²) < 4.78 is 0.985. The minimum absolute atomic E-state index is 0. The third kappa shape index (κ3) is 30.6. The molecule has 0 radical (unpaired) electrons. The molecule has 0 aromatic rings. The van der Waals surface area contributed by atoms with Crippen molar-refractivity contribution in [3.8, 4) is 0 Å². The first-order chi connectivity index (χ1) is 8.83. The van der Waals surface area contributed by atoms with E-state index in [-0.39, 0.29) is 18.2 Å². The molecule has 0 fully saturated rings. The minimum Gasteiger partial charge on any atom is -1.00 e. The maximum atomic E-state index is 8.17. The molecule has 0 saturated carbocycles. The lowest BCUT2D eigenvalue weighted by atomic mass is 10.3. The van der Waals surface area contributed by atoms with Gasteiger partial charge in [-0.2, -0.15) is 0 Å². The van der Waals surface area contributed by atoms with Crippen LogP contribution in [0.4, 0.5) is 0 Å². The van der Waals surface area contributed by atoms with Crippen molar-refractivity contribution in [3.05, 3.63) is 12.3 Å². The zero-order chi connectivity index (χ0) is 15.1. The lowest BCUT2D eigenvalue weighted by molar-refractivity contribution is -0.870. The van der Waals surface area contributed by atoms with Crippen LogP contribution in [0.15, 0.2) is 12.3 Å². The molecule has 0 aliphatic carbocycles. The first kappa shape index (κ1) is 24.7. The van der Waals surface area contributed by atoms with Crippen LogP contribution < -0.4 is 12.4 Å². The summed E-state index contributed by atoms with van der Waals surface area (Å²) in [4.78, 5) is 10.1. The highest BCUT2D eigenvalue weighted by atomic mass is 35.5. The van der Waals surface area contributed by atoms with E-state index < -0.39 is 0 Å².